The molecular formula is C8H19NO2S. The van der Waals surface area contributed by atoms with Crippen LogP contribution in [0.15, 0.2) is 0 Å². The monoisotopic (exact) mass is 193 g/mol. The minimum Gasteiger partial charge on any atom is -0.212 e. The second kappa shape index (κ2) is 5.54. The zero-order valence-electron chi connectivity index (χ0n) is 8.21. The van der Waals surface area contributed by atoms with E-state index in [9.17, 15) is 8.42 Å². The second-order valence-electron chi connectivity index (χ2n) is 2.75. The third-order valence-corrected chi connectivity index (χ3v) is 3.83. The maximum atomic E-state index is 11.4. The van der Waals surface area contributed by atoms with Crippen LogP contribution in [-0.2, 0) is 10.0 Å². The van der Waals surface area contributed by atoms with Gasteiger partial charge in [0.2, 0.25) is 10.0 Å². The topological polar surface area (TPSA) is 37.4 Å². The van der Waals surface area contributed by atoms with Gasteiger partial charge in [0.25, 0.3) is 0 Å². The van der Waals surface area contributed by atoms with Gasteiger partial charge < -0.3 is 0 Å². The summed E-state index contributed by atoms with van der Waals surface area (Å²) < 4.78 is 24.3. The van der Waals surface area contributed by atoms with Gasteiger partial charge >= 0.3 is 0 Å². The molecule has 0 rings (SSSR count). The van der Waals surface area contributed by atoms with Crippen LogP contribution in [0.4, 0.5) is 0 Å². The minimum atomic E-state index is -2.95. The van der Waals surface area contributed by atoms with Gasteiger partial charge in [-0.05, 0) is 13.3 Å². The number of unbranched alkanes of at least 4 members (excludes halogenated alkanes) is 1. The van der Waals surface area contributed by atoms with Gasteiger partial charge in [0.1, 0.15) is 0 Å². The van der Waals surface area contributed by atoms with Crippen LogP contribution in [0.25, 0.3) is 0 Å². The number of hydrogen-bond acceptors (Lipinski definition) is 2. The third kappa shape index (κ3) is 3.54. The van der Waals surface area contributed by atoms with Crippen molar-refractivity contribution in [3.8, 4) is 0 Å². The first-order chi connectivity index (χ1) is 5.58. The van der Waals surface area contributed by atoms with Crippen molar-refractivity contribution in [3.63, 3.8) is 0 Å². The van der Waals surface area contributed by atoms with Crippen molar-refractivity contribution in [2.24, 2.45) is 0 Å². The molecule has 74 valence electrons. The molecule has 0 aromatic carbocycles. The normalized spacial score (nSPS) is 12.3. The molecule has 12 heavy (non-hydrogen) atoms. The van der Waals surface area contributed by atoms with Crippen molar-refractivity contribution < 1.29 is 8.42 Å². The molecule has 0 amide bonds. The van der Waals surface area contributed by atoms with Crippen molar-refractivity contribution in [3.05, 3.63) is 0 Å². The molecule has 0 N–H and O–H groups in total. The molecule has 0 saturated heterocycles. The molecule has 0 unspecified atom stereocenters. The molecule has 0 radical (unpaired) electrons. The molecule has 0 fully saturated rings. The molecular weight excluding hydrogens is 174 g/mol. The predicted octanol–water partition coefficient (Wildman–Crippen LogP) is 1.46. The average molecular weight is 193 g/mol. The van der Waals surface area contributed by atoms with Crippen LogP contribution in [-0.4, -0.2) is 31.6 Å². The first-order valence-corrected chi connectivity index (χ1v) is 6.17. The molecule has 0 aliphatic carbocycles. The molecule has 0 aliphatic rings. The Morgan fingerprint density at radius 1 is 1.17 bits per heavy atom. The highest BCUT2D eigenvalue weighted by molar-refractivity contribution is 7.89. The smallest absolute Gasteiger partial charge is 0.212 e. The first kappa shape index (κ1) is 11.9. The van der Waals surface area contributed by atoms with Gasteiger partial charge in [0.15, 0.2) is 0 Å². The lowest BCUT2D eigenvalue weighted by atomic mass is 10.3. The summed E-state index contributed by atoms with van der Waals surface area (Å²) in [6.07, 6.45) is 1.99. The van der Waals surface area contributed by atoms with Crippen molar-refractivity contribution in [2.75, 3.05) is 18.8 Å². The summed E-state index contributed by atoms with van der Waals surface area (Å²) in [5.74, 6) is 0.213. The molecule has 0 aromatic heterocycles. The van der Waals surface area contributed by atoms with Gasteiger partial charge in [0, 0.05) is 13.1 Å². The minimum absolute atomic E-state index is 0.213. The maximum absolute atomic E-state index is 11.4. The average Bonchev–Trinajstić information content (AvgIpc) is 2.05. The zero-order chi connectivity index (χ0) is 9.61. The van der Waals surface area contributed by atoms with Crippen LogP contribution in [0.3, 0.4) is 0 Å². The zero-order valence-corrected chi connectivity index (χ0v) is 9.02. The quantitative estimate of drug-likeness (QED) is 0.640. The second-order valence-corrected chi connectivity index (χ2v) is 5.00. The fourth-order valence-corrected chi connectivity index (χ4v) is 2.18. The molecule has 4 heteroatoms. The Balaban J connectivity index is 4.15. The fraction of sp³-hybridized carbons (Fsp3) is 1.00. The van der Waals surface area contributed by atoms with E-state index in [2.05, 4.69) is 6.92 Å². The lowest BCUT2D eigenvalue weighted by molar-refractivity contribution is 0.420. The number of hydrogen-bond donors (Lipinski definition) is 0. The van der Waals surface area contributed by atoms with Crippen LogP contribution in [0.1, 0.15) is 33.6 Å². The van der Waals surface area contributed by atoms with E-state index >= 15 is 0 Å². The third-order valence-electron chi connectivity index (χ3n) is 1.87. The summed E-state index contributed by atoms with van der Waals surface area (Å²) in [5.41, 5.74) is 0. The Hall–Kier alpha value is -0.0900. The summed E-state index contributed by atoms with van der Waals surface area (Å²) in [4.78, 5) is 0. The van der Waals surface area contributed by atoms with Crippen LogP contribution in [0.2, 0.25) is 0 Å². The lowest BCUT2D eigenvalue weighted by Gasteiger charge is -2.18. The standard InChI is InChI=1S/C8H19NO2S/c1-4-7-8-9(5-2)12(10,11)6-3/h4-8H2,1-3H3. The molecule has 0 saturated carbocycles. The van der Waals surface area contributed by atoms with Crippen LogP contribution >= 0.6 is 0 Å². The van der Waals surface area contributed by atoms with Crippen molar-refractivity contribution >= 4 is 10.0 Å². The molecule has 3 nitrogen and oxygen atoms in total. The number of rotatable bonds is 6. The maximum Gasteiger partial charge on any atom is 0.213 e. The van der Waals surface area contributed by atoms with Crippen molar-refractivity contribution in [1.82, 2.24) is 4.31 Å². The number of sulfonamides is 1. The van der Waals surface area contributed by atoms with Gasteiger partial charge in [-0.1, -0.05) is 20.3 Å². The van der Waals surface area contributed by atoms with Crippen LogP contribution < -0.4 is 0 Å². The summed E-state index contributed by atoms with van der Waals surface area (Å²) >= 11 is 0. The van der Waals surface area contributed by atoms with Crippen LogP contribution in [0.5, 0.6) is 0 Å². The molecule has 0 spiro atoms. The summed E-state index contributed by atoms with van der Waals surface area (Å²) in [5, 5.41) is 0. The van der Waals surface area contributed by atoms with E-state index in [1.54, 1.807) is 11.2 Å². The fourth-order valence-electron chi connectivity index (χ4n) is 1.01. The van der Waals surface area contributed by atoms with Crippen molar-refractivity contribution in [1.29, 1.82) is 0 Å². The Morgan fingerprint density at radius 2 is 1.75 bits per heavy atom. The summed E-state index contributed by atoms with van der Waals surface area (Å²) in [6.45, 7) is 6.89. The van der Waals surface area contributed by atoms with Crippen molar-refractivity contribution in [2.45, 2.75) is 33.6 Å². The Labute approximate surface area is 75.8 Å². The molecule has 0 bridgehead atoms. The first-order valence-electron chi connectivity index (χ1n) is 4.56. The van der Waals surface area contributed by atoms with E-state index in [1.807, 2.05) is 6.92 Å². The molecule has 0 aromatic rings. The molecule has 0 heterocycles. The number of nitrogens with zero attached hydrogens (tertiary/aromatic N) is 1. The van der Waals surface area contributed by atoms with Crippen LogP contribution in [0, 0.1) is 0 Å². The van der Waals surface area contributed by atoms with E-state index in [-0.39, 0.29) is 5.75 Å². The molecule has 0 aliphatic heterocycles. The highest BCUT2D eigenvalue weighted by Gasteiger charge is 2.16. The van der Waals surface area contributed by atoms with Gasteiger partial charge in [-0.2, -0.15) is 0 Å². The lowest BCUT2D eigenvalue weighted by Crippen LogP contribution is -2.32. The molecule has 0 atom stereocenters. The SMILES string of the molecule is CCCCN(CC)S(=O)(=O)CC. The summed E-state index contributed by atoms with van der Waals surface area (Å²) in [7, 11) is -2.95. The predicted molar refractivity (Wildman–Crippen MR) is 51.6 cm³/mol. The summed E-state index contributed by atoms with van der Waals surface area (Å²) in [6, 6.07) is 0. The Morgan fingerprint density at radius 3 is 2.08 bits per heavy atom. The van der Waals surface area contributed by atoms with Gasteiger partial charge in [-0.15, -0.1) is 0 Å². The highest BCUT2D eigenvalue weighted by atomic mass is 32.2. The van der Waals surface area contributed by atoms with E-state index < -0.39 is 10.0 Å². The van der Waals surface area contributed by atoms with Gasteiger partial charge in [-0.3, -0.25) is 0 Å². The largest absolute Gasteiger partial charge is 0.213 e. The van der Waals surface area contributed by atoms with E-state index in [0.717, 1.165) is 12.8 Å². The highest BCUT2D eigenvalue weighted by Crippen LogP contribution is 2.03. The Bertz CT molecular complexity index is 199. The van der Waals surface area contributed by atoms with E-state index in [1.165, 1.54) is 0 Å². The van der Waals surface area contributed by atoms with E-state index in [0.29, 0.717) is 13.1 Å². The van der Waals surface area contributed by atoms with E-state index in [4.69, 9.17) is 0 Å². The Kier molecular flexibility index (Phi) is 5.50. The van der Waals surface area contributed by atoms with Gasteiger partial charge in [-0.25, -0.2) is 12.7 Å². The van der Waals surface area contributed by atoms with Gasteiger partial charge in [0.05, 0.1) is 5.75 Å².